The predicted molar refractivity (Wildman–Crippen MR) is 112 cm³/mol. The number of carbonyl (C=O) groups is 1. The summed E-state index contributed by atoms with van der Waals surface area (Å²) in [5, 5.41) is 0. The van der Waals surface area contributed by atoms with Gasteiger partial charge in [0.2, 0.25) is 0 Å². The van der Waals surface area contributed by atoms with E-state index in [1.165, 1.54) is 0 Å². The van der Waals surface area contributed by atoms with Crippen LogP contribution in [0.2, 0.25) is 0 Å². The average Bonchev–Trinajstić information content (AvgIpc) is 2.66. The van der Waals surface area contributed by atoms with E-state index in [1.807, 2.05) is 34.6 Å². The van der Waals surface area contributed by atoms with Crippen LogP contribution in [0.15, 0.2) is 11.5 Å². The third-order valence-electron chi connectivity index (χ3n) is 5.62. The first-order valence-corrected chi connectivity index (χ1v) is 10.2. The summed E-state index contributed by atoms with van der Waals surface area (Å²) in [5.41, 5.74) is -0.0832. The van der Waals surface area contributed by atoms with Crippen molar-refractivity contribution in [2.24, 2.45) is 5.92 Å². The van der Waals surface area contributed by atoms with Gasteiger partial charge in [-0.25, -0.2) is 4.79 Å². The molecule has 0 aromatic carbocycles. The maximum atomic E-state index is 12.5. The maximum Gasteiger partial charge on any atom is 0.490 e. The molecule has 1 saturated heterocycles. The predicted octanol–water partition coefficient (Wildman–Crippen LogP) is 5.24. The Morgan fingerprint density at radius 2 is 1.63 bits per heavy atom. The van der Waals surface area contributed by atoms with Crippen molar-refractivity contribution in [3.63, 3.8) is 0 Å². The SMILES string of the molecule is CC=C(B1OC(C)(C)C(C)(C)O1)C(C)CC(C)N(CC)C(=O)OC(C)(C)C. The number of amides is 1. The van der Waals surface area contributed by atoms with Crippen molar-refractivity contribution >= 4 is 13.2 Å². The molecule has 2 unspecified atom stereocenters. The van der Waals surface area contributed by atoms with E-state index in [4.69, 9.17) is 14.0 Å². The van der Waals surface area contributed by atoms with Crippen LogP contribution in [-0.4, -0.2) is 47.5 Å². The summed E-state index contributed by atoms with van der Waals surface area (Å²) in [7, 11) is -0.348. The fourth-order valence-corrected chi connectivity index (χ4v) is 3.35. The lowest BCUT2D eigenvalue weighted by molar-refractivity contribution is 0.00578. The monoisotopic (exact) mass is 381 g/mol. The zero-order valence-electron chi connectivity index (χ0n) is 19.3. The number of hydrogen-bond donors (Lipinski definition) is 0. The number of nitrogens with zero attached hydrogens (tertiary/aromatic N) is 1. The van der Waals surface area contributed by atoms with Crippen molar-refractivity contribution in [1.82, 2.24) is 4.90 Å². The van der Waals surface area contributed by atoms with Gasteiger partial charge in [-0.15, -0.1) is 0 Å². The first-order chi connectivity index (χ1) is 12.1. The summed E-state index contributed by atoms with van der Waals surface area (Å²) >= 11 is 0. The molecule has 0 spiro atoms. The molecule has 0 aliphatic carbocycles. The first-order valence-electron chi connectivity index (χ1n) is 10.2. The highest BCUT2D eigenvalue weighted by Crippen LogP contribution is 2.40. The summed E-state index contributed by atoms with van der Waals surface area (Å²) in [6.45, 7) is 22.8. The normalized spacial score (nSPS) is 21.7. The van der Waals surface area contributed by atoms with E-state index >= 15 is 0 Å². The Morgan fingerprint density at radius 1 is 1.15 bits per heavy atom. The third-order valence-corrected chi connectivity index (χ3v) is 5.62. The molecule has 1 rings (SSSR count). The highest BCUT2D eigenvalue weighted by atomic mass is 16.7. The van der Waals surface area contributed by atoms with Gasteiger partial charge in [-0.2, -0.15) is 0 Å². The molecular formula is C21H40BNO4. The van der Waals surface area contributed by atoms with Crippen molar-refractivity contribution in [1.29, 1.82) is 0 Å². The van der Waals surface area contributed by atoms with E-state index in [-0.39, 0.29) is 36.4 Å². The third kappa shape index (κ3) is 5.98. The van der Waals surface area contributed by atoms with Gasteiger partial charge in [0.1, 0.15) is 5.60 Å². The van der Waals surface area contributed by atoms with Crippen LogP contribution in [0, 0.1) is 5.92 Å². The van der Waals surface area contributed by atoms with Crippen LogP contribution in [0.1, 0.15) is 82.6 Å². The summed E-state index contributed by atoms with van der Waals surface area (Å²) in [6, 6.07) is 0.0530. The molecule has 156 valence electrons. The van der Waals surface area contributed by atoms with Gasteiger partial charge < -0.3 is 18.9 Å². The van der Waals surface area contributed by atoms with Crippen LogP contribution in [-0.2, 0) is 14.0 Å². The zero-order valence-corrected chi connectivity index (χ0v) is 19.3. The van der Waals surface area contributed by atoms with Crippen molar-refractivity contribution in [2.75, 3.05) is 6.54 Å². The molecule has 1 aliphatic heterocycles. The Kier molecular flexibility index (Phi) is 7.62. The van der Waals surface area contributed by atoms with Gasteiger partial charge in [0.05, 0.1) is 11.2 Å². The summed E-state index contributed by atoms with van der Waals surface area (Å²) in [5.74, 6) is 0.219. The second kappa shape index (κ2) is 8.56. The number of hydrogen-bond acceptors (Lipinski definition) is 4. The zero-order chi connectivity index (χ0) is 21.2. The lowest BCUT2D eigenvalue weighted by atomic mass is 9.69. The topological polar surface area (TPSA) is 48.0 Å². The summed E-state index contributed by atoms with van der Waals surface area (Å²) < 4.78 is 18.0. The van der Waals surface area contributed by atoms with Crippen LogP contribution in [0.4, 0.5) is 4.79 Å². The van der Waals surface area contributed by atoms with E-state index in [0.29, 0.717) is 6.54 Å². The maximum absolute atomic E-state index is 12.5. The molecule has 0 saturated carbocycles. The molecule has 1 heterocycles. The molecule has 6 heteroatoms. The van der Waals surface area contributed by atoms with E-state index in [0.717, 1.165) is 11.9 Å². The van der Waals surface area contributed by atoms with Gasteiger partial charge in [-0.05, 0) is 87.0 Å². The number of allylic oxidation sites excluding steroid dienone is 2. The minimum absolute atomic E-state index is 0.0530. The standard InChI is InChI=1S/C21H40BNO4/c1-12-17(22-26-20(8,9)21(10,11)27-22)15(3)14-16(4)23(13-2)18(24)25-19(5,6)7/h12,15-16H,13-14H2,1-11H3. The van der Waals surface area contributed by atoms with Crippen molar-refractivity contribution in [3.05, 3.63) is 11.5 Å². The van der Waals surface area contributed by atoms with Crippen LogP contribution < -0.4 is 0 Å². The lowest BCUT2D eigenvalue weighted by Crippen LogP contribution is -2.43. The van der Waals surface area contributed by atoms with Gasteiger partial charge in [-0.3, -0.25) is 0 Å². The Bertz CT molecular complexity index is 535. The largest absolute Gasteiger partial charge is 0.490 e. The Morgan fingerprint density at radius 3 is 2.00 bits per heavy atom. The quantitative estimate of drug-likeness (QED) is 0.591. The molecule has 0 N–H and O–H groups in total. The van der Waals surface area contributed by atoms with Crippen LogP contribution in [0.5, 0.6) is 0 Å². The molecule has 1 aliphatic rings. The summed E-state index contributed by atoms with van der Waals surface area (Å²) in [6.07, 6.45) is 2.64. The van der Waals surface area contributed by atoms with Crippen LogP contribution in [0.3, 0.4) is 0 Å². The molecule has 0 aromatic rings. The first kappa shape index (κ1) is 24.0. The van der Waals surface area contributed by atoms with Gasteiger partial charge in [0, 0.05) is 12.6 Å². The van der Waals surface area contributed by atoms with E-state index in [9.17, 15) is 4.79 Å². The minimum atomic E-state index is -0.493. The number of ether oxygens (including phenoxy) is 1. The molecule has 0 radical (unpaired) electrons. The lowest BCUT2D eigenvalue weighted by Gasteiger charge is -2.32. The molecule has 27 heavy (non-hydrogen) atoms. The van der Waals surface area contributed by atoms with E-state index < -0.39 is 5.60 Å². The second-order valence-electron chi connectivity index (χ2n) is 9.63. The average molecular weight is 381 g/mol. The van der Waals surface area contributed by atoms with Crippen LogP contribution >= 0.6 is 0 Å². The molecule has 2 atom stereocenters. The second-order valence-corrected chi connectivity index (χ2v) is 9.63. The Hall–Kier alpha value is -1.01. The Balaban J connectivity index is 2.83. The summed E-state index contributed by atoms with van der Waals surface area (Å²) in [4.78, 5) is 14.3. The molecular weight excluding hydrogens is 341 g/mol. The minimum Gasteiger partial charge on any atom is -0.444 e. The van der Waals surface area contributed by atoms with E-state index in [2.05, 4.69) is 47.6 Å². The van der Waals surface area contributed by atoms with Crippen LogP contribution in [0.25, 0.3) is 0 Å². The van der Waals surface area contributed by atoms with Crippen molar-refractivity contribution < 1.29 is 18.8 Å². The fraction of sp³-hybridized carbons (Fsp3) is 0.857. The van der Waals surface area contributed by atoms with Crippen molar-refractivity contribution in [3.8, 4) is 0 Å². The fourth-order valence-electron chi connectivity index (χ4n) is 3.35. The highest BCUT2D eigenvalue weighted by molar-refractivity contribution is 6.54. The van der Waals surface area contributed by atoms with Gasteiger partial charge in [0.25, 0.3) is 0 Å². The molecule has 0 aromatic heterocycles. The molecule has 0 bridgehead atoms. The molecule has 1 amide bonds. The van der Waals surface area contributed by atoms with Gasteiger partial charge >= 0.3 is 13.2 Å². The van der Waals surface area contributed by atoms with Gasteiger partial charge in [-0.1, -0.05) is 13.0 Å². The van der Waals surface area contributed by atoms with E-state index in [1.54, 1.807) is 4.90 Å². The number of rotatable bonds is 6. The highest BCUT2D eigenvalue weighted by Gasteiger charge is 2.52. The van der Waals surface area contributed by atoms with Crippen molar-refractivity contribution in [2.45, 2.75) is 105 Å². The number of carbonyl (C=O) groups excluding carboxylic acids is 1. The molecule has 5 nitrogen and oxygen atoms in total. The smallest absolute Gasteiger partial charge is 0.444 e. The molecule has 1 fully saturated rings. The van der Waals surface area contributed by atoms with Gasteiger partial charge in [0.15, 0.2) is 0 Å². The Labute approximate surface area is 166 Å².